The van der Waals surface area contributed by atoms with Crippen LogP contribution >= 0.6 is 0 Å². The zero-order valence-electron chi connectivity index (χ0n) is 46.7. The lowest BCUT2D eigenvalue weighted by atomic mass is 10.0. The molecule has 406 valence electrons. The maximum absolute atomic E-state index is 12.3. The first-order chi connectivity index (χ1) is 33.6. The smallest absolute Gasteiger partial charge is 0.306 e. The minimum Gasteiger partial charge on any atom is -0.462 e. The lowest BCUT2D eigenvalue weighted by Gasteiger charge is -2.15. The van der Waals surface area contributed by atoms with Gasteiger partial charge in [0.15, 0.2) is 6.10 Å². The van der Waals surface area contributed by atoms with Gasteiger partial charge in [0, 0.05) is 12.8 Å². The third kappa shape index (κ3) is 57.5. The molecule has 0 rings (SSSR count). The van der Waals surface area contributed by atoms with E-state index in [9.17, 15) is 14.7 Å². The number of hydrogen-bond acceptors (Lipinski definition) is 5. The Labute approximate surface area is 427 Å². The molecular formula is C63H124O5. The molecule has 1 N–H and O–H groups in total. The highest BCUT2D eigenvalue weighted by atomic mass is 16.6. The van der Waals surface area contributed by atoms with Crippen LogP contribution in [0.1, 0.15) is 373 Å². The molecule has 0 spiro atoms. The van der Waals surface area contributed by atoms with Crippen molar-refractivity contribution in [2.24, 2.45) is 0 Å². The van der Waals surface area contributed by atoms with Gasteiger partial charge in [0.1, 0.15) is 6.61 Å². The Balaban J connectivity index is 3.36. The first-order valence-corrected chi connectivity index (χ1v) is 31.6. The number of carbonyl (C=O) groups excluding carboxylic acids is 2. The summed E-state index contributed by atoms with van der Waals surface area (Å²) in [7, 11) is 0. The molecule has 0 fully saturated rings. The number of aliphatic hydroxyl groups excluding tert-OH is 1. The fraction of sp³-hybridized carbons (Fsp3) is 0.968. The second-order valence-electron chi connectivity index (χ2n) is 21.9. The van der Waals surface area contributed by atoms with E-state index in [4.69, 9.17) is 9.47 Å². The zero-order chi connectivity index (χ0) is 49.2. The van der Waals surface area contributed by atoms with E-state index in [-0.39, 0.29) is 25.2 Å². The molecule has 0 saturated carbocycles. The van der Waals surface area contributed by atoms with Crippen molar-refractivity contribution in [2.75, 3.05) is 13.2 Å². The standard InChI is InChI=1S/C63H124O5/c1-3-5-7-9-11-13-15-17-19-21-23-25-27-28-29-30-31-32-33-34-35-36-38-40-42-44-46-48-50-52-54-56-58-63(66)68-61(59-64)60-67-62(65)57-55-53-51-49-47-45-43-41-39-37-26-24-22-20-18-16-14-12-10-8-6-4-2/h61,64H,3-60H2,1-2H3. The van der Waals surface area contributed by atoms with Gasteiger partial charge in [-0.05, 0) is 12.8 Å². The van der Waals surface area contributed by atoms with Crippen molar-refractivity contribution in [1.82, 2.24) is 0 Å². The van der Waals surface area contributed by atoms with E-state index < -0.39 is 6.10 Å². The van der Waals surface area contributed by atoms with Crippen molar-refractivity contribution in [3.05, 3.63) is 0 Å². The fourth-order valence-electron chi connectivity index (χ4n) is 10.2. The Bertz CT molecular complexity index is 952. The third-order valence-corrected chi connectivity index (χ3v) is 14.9. The monoisotopic (exact) mass is 961 g/mol. The average molecular weight is 962 g/mol. The minimum atomic E-state index is -0.765. The Morgan fingerprint density at radius 1 is 0.279 bits per heavy atom. The summed E-state index contributed by atoms with van der Waals surface area (Å²) >= 11 is 0. The van der Waals surface area contributed by atoms with Crippen LogP contribution in [0, 0.1) is 0 Å². The van der Waals surface area contributed by atoms with Crippen molar-refractivity contribution in [2.45, 2.75) is 380 Å². The van der Waals surface area contributed by atoms with Crippen LogP contribution in [0.15, 0.2) is 0 Å². The Morgan fingerprint density at radius 3 is 0.647 bits per heavy atom. The molecule has 1 atom stereocenters. The fourth-order valence-corrected chi connectivity index (χ4v) is 10.2. The van der Waals surface area contributed by atoms with Gasteiger partial charge in [0.2, 0.25) is 0 Å². The van der Waals surface area contributed by atoms with Crippen molar-refractivity contribution in [3.63, 3.8) is 0 Å². The van der Waals surface area contributed by atoms with E-state index in [0.29, 0.717) is 12.8 Å². The summed E-state index contributed by atoms with van der Waals surface area (Å²) in [6.45, 7) is 4.22. The average Bonchev–Trinajstić information content (AvgIpc) is 3.34. The number of hydrogen-bond donors (Lipinski definition) is 1. The second-order valence-corrected chi connectivity index (χ2v) is 21.9. The van der Waals surface area contributed by atoms with E-state index in [1.54, 1.807) is 0 Å². The molecule has 0 aromatic carbocycles. The molecule has 68 heavy (non-hydrogen) atoms. The molecule has 0 aliphatic heterocycles. The van der Waals surface area contributed by atoms with Crippen LogP contribution in [0.2, 0.25) is 0 Å². The molecule has 5 nitrogen and oxygen atoms in total. The van der Waals surface area contributed by atoms with Crippen LogP contribution in [-0.4, -0.2) is 36.4 Å². The highest BCUT2D eigenvalue weighted by Crippen LogP contribution is 2.19. The summed E-state index contributed by atoms with van der Waals surface area (Å²) in [5, 5.41) is 9.67. The Morgan fingerprint density at radius 2 is 0.456 bits per heavy atom. The maximum Gasteiger partial charge on any atom is 0.306 e. The summed E-state index contributed by atoms with van der Waals surface area (Å²) in [5.74, 6) is -0.561. The molecule has 0 aliphatic rings. The van der Waals surface area contributed by atoms with Crippen molar-refractivity contribution >= 4 is 11.9 Å². The summed E-state index contributed by atoms with van der Waals surface area (Å²) in [6.07, 6.45) is 74.0. The molecule has 1 unspecified atom stereocenters. The third-order valence-electron chi connectivity index (χ3n) is 14.9. The van der Waals surface area contributed by atoms with Gasteiger partial charge in [0.25, 0.3) is 0 Å². The van der Waals surface area contributed by atoms with Crippen LogP contribution < -0.4 is 0 Å². The number of ether oxygens (including phenoxy) is 2. The summed E-state index contributed by atoms with van der Waals surface area (Å²) in [6, 6.07) is 0. The van der Waals surface area contributed by atoms with Gasteiger partial charge in [-0.2, -0.15) is 0 Å². The molecule has 0 saturated heterocycles. The molecule has 5 heteroatoms. The SMILES string of the molecule is CCCCCCCCCCCCCCCCCCCCCCCCCCCCCCCCCCC(=O)OC(CO)COC(=O)CCCCCCCCCCCCCCCCCCCCCCCC. The molecular weight excluding hydrogens is 837 g/mol. The molecule has 0 aromatic heterocycles. The van der Waals surface area contributed by atoms with Crippen molar-refractivity contribution in [1.29, 1.82) is 0 Å². The highest BCUT2D eigenvalue weighted by molar-refractivity contribution is 5.70. The van der Waals surface area contributed by atoms with Gasteiger partial charge in [-0.3, -0.25) is 9.59 Å². The molecule has 0 radical (unpaired) electrons. The van der Waals surface area contributed by atoms with Gasteiger partial charge < -0.3 is 14.6 Å². The van der Waals surface area contributed by atoms with Gasteiger partial charge in [0.05, 0.1) is 6.61 Å². The zero-order valence-corrected chi connectivity index (χ0v) is 46.7. The topological polar surface area (TPSA) is 72.8 Å². The first kappa shape index (κ1) is 66.9. The molecule has 0 aromatic rings. The Kier molecular flexibility index (Phi) is 59.2. The predicted molar refractivity (Wildman–Crippen MR) is 298 cm³/mol. The number of esters is 2. The molecule has 0 amide bonds. The summed E-state index contributed by atoms with van der Waals surface area (Å²) < 4.78 is 10.7. The van der Waals surface area contributed by atoms with Crippen molar-refractivity contribution < 1.29 is 24.2 Å². The van der Waals surface area contributed by atoms with Crippen LogP contribution in [-0.2, 0) is 19.1 Å². The van der Waals surface area contributed by atoms with Crippen molar-refractivity contribution in [3.8, 4) is 0 Å². The van der Waals surface area contributed by atoms with E-state index in [1.807, 2.05) is 0 Å². The molecule has 0 heterocycles. The molecule has 0 bridgehead atoms. The predicted octanol–water partition coefficient (Wildman–Crippen LogP) is 21.3. The van der Waals surface area contributed by atoms with E-state index in [0.717, 1.165) is 32.1 Å². The summed E-state index contributed by atoms with van der Waals surface area (Å²) in [4.78, 5) is 24.6. The lowest BCUT2D eigenvalue weighted by Crippen LogP contribution is -2.28. The van der Waals surface area contributed by atoms with Gasteiger partial charge >= 0.3 is 11.9 Å². The molecule has 0 aliphatic carbocycles. The summed E-state index contributed by atoms with van der Waals surface area (Å²) in [5.41, 5.74) is 0. The van der Waals surface area contributed by atoms with Crippen LogP contribution in [0.5, 0.6) is 0 Å². The highest BCUT2D eigenvalue weighted by Gasteiger charge is 2.16. The van der Waals surface area contributed by atoms with E-state index in [2.05, 4.69) is 13.8 Å². The first-order valence-electron chi connectivity index (χ1n) is 31.6. The maximum atomic E-state index is 12.3. The minimum absolute atomic E-state index is 0.0555. The quantitative estimate of drug-likeness (QED) is 0.0486. The van der Waals surface area contributed by atoms with Gasteiger partial charge in [-0.15, -0.1) is 0 Å². The van der Waals surface area contributed by atoms with Crippen LogP contribution in [0.3, 0.4) is 0 Å². The van der Waals surface area contributed by atoms with E-state index >= 15 is 0 Å². The number of aliphatic hydroxyl groups is 1. The number of rotatable bonds is 60. The normalized spacial score (nSPS) is 12.0. The van der Waals surface area contributed by atoms with Gasteiger partial charge in [-0.1, -0.05) is 348 Å². The van der Waals surface area contributed by atoms with Crippen LogP contribution in [0.4, 0.5) is 0 Å². The number of carbonyl (C=O) groups is 2. The second kappa shape index (κ2) is 60.2. The van der Waals surface area contributed by atoms with Crippen LogP contribution in [0.25, 0.3) is 0 Å². The Hall–Kier alpha value is -1.10. The van der Waals surface area contributed by atoms with Gasteiger partial charge in [-0.25, -0.2) is 0 Å². The lowest BCUT2D eigenvalue weighted by molar-refractivity contribution is -0.161. The van der Waals surface area contributed by atoms with E-state index in [1.165, 1.54) is 315 Å². The number of unbranched alkanes of at least 4 members (excludes halogenated alkanes) is 52. The largest absolute Gasteiger partial charge is 0.462 e.